The summed E-state index contributed by atoms with van der Waals surface area (Å²) in [5, 5.41) is 5.12. The van der Waals surface area contributed by atoms with Crippen molar-refractivity contribution < 1.29 is 4.79 Å². The Hall–Kier alpha value is -0.870. The molecule has 3 nitrogen and oxygen atoms in total. The topological polar surface area (TPSA) is 55.1 Å². The largest absolute Gasteiger partial charge is 0.355 e. The average Bonchev–Trinajstić information content (AvgIpc) is 2.89. The molecule has 1 aromatic heterocycles. The number of amides is 1. The number of nitrogens with one attached hydrogen (secondary N) is 1. The lowest BCUT2D eigenvalue weighted by Crippen LogP contribution is -2.36. The number of nitrogens with two attached hydrogens (primary N) is 1. The maximum absolute atomic E-state index is 11.8. The van der Waals surface area contributed by atoms with Crippen LogP contribution >= 0.6 is 11.3 Å². The summed E-state index contributed by atoms with van der Waals surface area (Å²) in [6.07, 6.45) is 2.51. The molecule has 1 atom stereocenters. The van der Waals surface area contributed by atoms with Gasteiger partial charge in [-0.25, -0.2) is 0 Å². The molecule has 19 heavy (non-hydrogen) atoms. The van der Waals surface area contributed by atoms with Gasteiger partial charge < -0.3 is 11.1 Å². The van der Waals surface area contributed by atoms with E-state index in [9.17, 15) is 4.79 Å². The van der Waals surface area contributed by atoms with Crippen LogP contribution in [-0.2, 0) is 10.2 Å². The van der Waals surface area contributed by atoms with Crippen molar-refractivity contribution in [3.63, 3.8) is 0 Å². The molecule has 108 valence electrons. The zero-order chi connectivity index (χ0) is 14.3. The van der Waals surface area contributed by atoms with Crippen LogP contribution in [0.2, 0.25) is 0 Å². The van der Waals surface area contributed by atoms with Crippen molar-refractivity contribution in [2.75, 3.05) is 13.1 Å². The van der Waals surface area contributed by atoms with Crippen LogP contribution in [0.15, 0.2) is 17.5 Å². The Morgan fingerprint density at radius 3 is 2.79 bits per heavy atom. The molecule has 4 heteroatoms. The first-order valence-electron chi connectivity index (χ1n) is 6.96. The predicted molar refractivity (Wildman–Crippen MR) is 82.4 cm³/mol. The highest BCUT2D eigenvalue weighted by Crippen LogP contribution is 2.26. The standard InChI is InChI=1S/C15H26N2OS/c1-12(8-9-16)6-7-14(18)17-11-15(2,3)13-5-4-10-19-13/h4-5,10,12H,6-9,11,16H2,1-3H3,(H,17,18). The molecule has 0 saturated carbocycles. The second kappa shape index (κ2) is 7.65. The average molecular weight is 282 g/mol. The lowest BCUT2D eigenvalue weighted by atomic mass is 9.91. The van der Waals surface area contributed by atoms with Gasteiger partial charge in [0.2, 0.25) is 5.91 Å². The quantitative estimate of drug-likeness (QED) is 0.770. The predicted octanol–water partition coefficient (Wildman–Crippen LogP) is 2.91. The van der Waals surface area contributed by atoms with Crippen molar-refractivity contribution >= 4 is 17.2 Å². The summed E-state index contributed by atoms with van der Waals surface area (Å²) >= 11 is 1.74. The number of rotatable bonds is 8. The molecule has 0 aliphatic carbocycles. The normalized spacial score (nSPS) is 13.3. The molecule has 1 amide bonds. The zero-order valence-electron chi connectivity index (χ0n) is 12.2. The molecule has 0 aliphatic rings. The van der Waals surface area contributed by atoms with E-state index in [0.717, 1.165) is 12.8 Å². The smallest absolute Gasteiger partial charge is 0.220 e. The molecule has 1 unspecified atom stereocenters. The highest BCUT2D eigenvalue weighted by Gasteiger charge is 2.22. The van der Waals surface area contributed by atoms with Crippen molar-refractivity contribution in [3.8, 4) is 0 Å². The Morgan fingerprint density at radius 2 is 2.21 bits per heavy atom. The van der Waals surface area contributed by atoms with Gasteiger partial charge in [0.15, 0.2) is 0 Å². The Labute approximate surface area is 120 Å². The van der Waals surface area contributed by atoms with Crippen LogP contribution in [0.5, 0.6) is 0 Å². The summed E-state index contributed by atoms with van der Waals surface area (Å²) < 4.78 is 0. The SMILES string of the molecule is CC(CCN)CCC(=O)NCC(C)(C)c1cccs1. The highest BCUT2D eigenvalue weighted by molar-refractivity contribution is 7.10. The Kier molecular flexibility index (Phi) is 6.52. The molecule has 3 N–H and O–H groups in total. The van der Waals surface area contributed by atoms with Crippen molar-refractivity contribution in [2.45, 2.75) is 45.4 Å². The molecule has 1 aromatic rings. The summed E-state index contributed by atoms with van der Waals surface area (Å²) in [7, 11) is 0. The molecule has 1 rings (SSSR count). The molecule has 0 fully saturated rings. The zero-order valence-corrected chi connectivity index (χ0v) is 13.1. The number of carbonyl (C=O) groups excluding carboxylic acids is 1. The molecular formula is C15H26N2OS. The number of thiophene rings is 1. The minimum atomic E-state index is 0.00665. The number of hydrogen-bond donors (Lipinski definition) is 2. The van der Waals surface area contributed by atoms with E-state index < -0.39 is 0 Å². The van der Waals surface area contributed by atoms with Gasteiger partial charge in [-0.1, -0.05) is 26.8 Å². The van der Waals surface area contributed by atoms with Gasteiger partial charge in [-0.15, -0.1) is 11.3 Å². The second-order valence-electron chi connectivity index (χ2n) is 5.86. The minimum Gasteiger partial charge on any atom is -0.355 e. The molecule has 0 spiro atoms. The summed E-state index contributed by atoms with van der Waals surface area (Å²) in [6.45, 7) is 7.87. The van der Waals surface area contributed by atoms with E-state index in [0.29, 0.717) is 25.4 Å². The van der Waals surface area contributed by atoms with E-state index in [1.807, 2.05) is 0 Å². The van der Waals surface area contributed by atoms with Gasteiger partial charge in [-0.2, -0.15) is 0 Å². The summed E-state index contributed by atoms with van der Waals surface area (Å²) in [5.74, 6) is 0.676. The van der Waals surface area contributed by atoms with E-state index in [2.05, 4.69) is 43.6 Å². The molecule has 0 radical (unpaired) electrons. The van der Waals surface area contributed by atoms with Crippen LogP contribution in [-0.4, -0.2) is 19.0 Å². The van der Waals surface area contributed by atoms with E-state index >= 15 is 0 Å². The van der Waals surface area contributed by atoms with Crippen molar-refractivity contribution in [2.24, 2.45) is 11.7 Å². The summed E-state index contributed by atoms with van der Waals surface area (Å²) in [4.78, 5) is 13.1. The maximum Gasteiger partial charge on any atom is 0.220 e. The van der Waals surface area contributed by atoms with E-state index in [4.69, 9.17) is 5.73 Å². The van der Waals surface area contributed by atoms with Crippen molar-refractivity contribution in [1.82, 2.24) is 5.32 Å². The van der Waals surface area contributed by atoms with Gasteiger partial charge >= 0.3 is 0 Å². The third kappa shape index (κ3) is 5.74. The van der Waals surface area contributed by atoms with Gasteiger partial charge in [0.05, 0.1) is 0 Å². The van der Waals surface area contributed by atoms with Crippen LogP contribution in [0.1, 0.15) is 44.9 Å². The van der Waals surface area contributed by atoms with Gasteiger partial charge in [0.1, 0.15) is 0 Å². The molecule has 0 saturated heterocycles. The molecule has 0 bridgehead atoms. The van der Waals surface area contributed by atoms with Crippen molar-refractivity contribution in [3.05, 3.63) is 22.4 Å². The lowest BCUT2D eigenvalue weighted by molar-refractivity contribution is -0.121. The third-order valence-corrected chi connectivity index (χ3v) is 4.68. The van der Waals surface area contributed by atoms with Crippen LogP contribution in [0.25, 0.3) is 0 Å². The number of hydrogen-bond acceptors (Lipinski definition) is 3. The van der Waals surface area contributed by atoms with E-state index in [1.165, 1.54) is 4.88 Å². The molecule has 0 aromatic carbocycles. The summed E-state index contributed by atoms with van der Waals surface area (Å²) in [5.41, 5.74) is 5.51. The second-order valence-corrected chi connectivity index (χ2v) is 6.81. The molecular weight excluding hydrogens is 256 g/mol. The van der Waals surface area contributed by atoms with Gasteiger partial charge in [-0.05, 0) is 36.8 Å². The molecule has 1 heterocycles. The summed E-state index contributed by atoms with van der Waals surface area (Å²) in [6, 6.07) is 4.18. The first-order valence-corrected chi connectivity index (χ1v) is 7.84. The minimum absolute atomic E-state index is 0.00665. The fraction of sp³-hybridized carbons (Fsp3) is 0.667. The van der Waals surface area contributed by atoms with Crippen LogP contribution in [0.4, 0.5) is 0 Å². The Morgan fingerprint density at radius 1 is 1.47 bits per heavy atom. The van der Waals surface area contributed by atoms with E-state index in [-0.39, 0.29) is 11.3 Å². The van der Waals surface area contributed by atoms with Crippen LogP contribution < -0.4 is 11.1 Å². The monoisotopic (exact) mass is 282 g/mol. The number of carbonyl (C=O) groups is 1. The molecule has 0 aliphatic heterocycles. The van der Waals surface area contributed by atoms with E-state index in [1.54, 1.807) is 11.3 Å². The van der Waals surface area contributed by atoms with Gasteiger partial charge in [0.25, 0.3) is 0 Å². The first kappa shape index (κ1) is 16.2. The first-order chi connectivity index (χ1) is 8.95. The van der Waals surface area contributed by atoms with Crippen LogP contribution in [0.3, 0.4) is 0 Å². The van der Waals surface area contributed by atoms with Gasteiger partial charge in [-0.3, -0.25) is 4.79 Å². The third-order valence-electron chi connectivity index (χ3n) is 3.44. The Bertz CT molecular complexity index is 374. The fourth-order valence-corrected chi connectivity index (χ4v) is 2.82. The lowest BCUT2D eigenvalue weighted by Gasteiger charge is -2.23. The highest BCUT2D eigenvalue weighted by atomic mass is 32.1. The fourth-order valence-electron chi connectivity index (χ4n) is 1.97. The van der Waals surface area contributed by atoms with Crippen molar-refractivity contribution in [1.29, 1.82) is 0 Å². The maximum atomic E-state index is 11.8. The van der Waals surface area contributed by atoms with Crippen LogP contribution in [0, 0.1) is 5.92 Å². The van der Waals surface area contributed by atoms with Gasteiger partial charge in [0, 0.05) is 23.3 Å². The Balaban J connectivity index is 2.30.